The molecule has 1 amide bonds. The van der Waals surface area contributed by atoms with Crippen LogP contribution in [-0.2, 0) is 12.7 Å². The number of benzene rings is 1. The molecule has 0 spiro atoms. The first-order chi connectivity index (χ1) is 13.2. The van der Waals surface area contributed by atoms with Crippen LogP contribution in [0.3, 0.4) is 0 Å². The van der Waals surface area contributed by atoms with Gasteiger partial charge in [0.1, 0.15) is 0 Å². The maximum absolute atomic E-state index is 13.2. The van der Waals surface area contributed by atoms with E-state index in [2.05, 4.69) is 4.98 Å². The average Bonchev–Trinajstić information content (AvgIpc) is 2.68. The summed E-state index contributed by atoms with van der Waals surface area (Å²) in [5, 5.41) is 0. The number of rotatable bonds is 3. The number of halogens is 3. The Morgan fingerprint density at radius 3 is 2.46 bits per heavy atom. The first-order valence-corrected chi connectivity index (χ1v) is 9.16. The van der Waals surface area contributed by atoms with Gasteiger partial charge in [-0.2, -0.15) is 13.2 Å². The molecule has 0 saturated carbocycles. The predicted molar refractivity (Wildman–Crippen MR) is 98.0 cm³/mol. The second kappa shape index (κ2) is 7.77. The number of aryl methyl sites for hydroxylation is 1. The fourth-order valence-corrected chi connectivity index (χ4v) is 3.49. The SMILES string of the molecule is Cc1ncn(CC2CCN(C(=O)c3ccccc3C(F)(F)F)CC2)c(=O)c1C. The van der Waals surface area contributed by atoms with Crippen molar-refractivity contribution >= 4 is 5.91 Å². The molecule has 2 aromatic rings. The van der Waals surface area contributed by atoms with Crippen LogP contribution in [0.15, 0.2) is 35.4 Å². The van der Waals surface area contributed by atoms with Gasteiger partial charge >= 0.3 is 6.18 Å². The first kappa shape index (κ1) is 20.1. The number of aromatic nitrogens is 2. The van der Waals surface area contributed by atoms with Crippen LogP contribution in [-0.4, -0.2) is 33.4 Å². The standard InChI is InChI=1S/C20H22F3N3O2/c1-13-14(2)24-12-26(18(13)27)11-15-7-9-25(10-8-15)19(28)16-5-3-4-6-17(16)20(21,22)23/h3-6,12,15H,7-11H2,1-2H3. The van der Waals surface area contributed by atoms with Crippen molar-refractivity contribution < 1.29 is 18.0 Å². The monoisotopic (exact) mass is 393 g/mol. The van der Waals surface area contributed by atoms with E-state index in [9.17, 15) is 22.8 Å². The van der Waals surface area contributed by atoms with Crippen LogP contribution >= 0.6 is 0 Å². The van der Waals surface area contributed by atoms with Gasteiger partial charge in [0.15, 0.2) is 0 Å². The van der Waals surface area contributed by atoms with E-state index in [1.807, 2.05) is 0 Å². The zero-order chi connectivity index (χ0) is 20.5. The van der Waals surface area contributed by atoms with Gasteiger partial charge in [-0.3, -0.25) is 14.2 Å². The average molecular weight is 393 g/mol. The minimum Gasteiger partial charge on any atom is -0.339 e. The molecule has 5 nitrogen and oxygen atoms in total. The van der Waals surface area contributed by atoms with E-state index in [0.29, 0.717) is 43.7 Å². The van der Waals surface area contributed by atoms with Gasteiger partial charge in [-0.05, 0) is 44.7 Å². The van der Waals surface area contributed by atoms with E-state index in [1.165, 1.54) is 29.4 Å². The van der Waals surface area contributed by atoms with E-state index in [1.54, 1.807) is 18.4 Å². The number of amides is 1. The Hall–Kier alpha value is -2.64. The molecule has 0 aliphatic carbocycles. The summed E-state index contributed by atoms with van der Waals surface area (Å²) in [6, 6.07) is 4.87. The third kappa shape index (κ3) is 4.10. The van der Waals surface area contributed by atoms with Crippen molar-refractivity contribution in [3.05, 3.63) is 63.3 Å². The summed E-state index contributed by atoms with van der Waals surface area (Å²) >= 11 is 0. The quantitative estimate of drug-likeness (QED) is 0.803. The van der Waals surface area contributed by atoms with E-state index >= 15 is 0 Å². The highest BCUT2D eigenvalue weighted by molar-refractivity contribution is 5.96. The molecule has 28 heavy (non-hydrogen) atoms. The second-order valence-electron chi connectivity index (χ2n) is 7.19. The normalized spacial score (nSPS) is 15.7. The van der Waals surface area contributed by atoms with E-state index in [0.717, 1.165) is 6.07 Å². The number of carbonyl (C=O) groups is 1. The summed E-state index contributed by atoms with van der Waals surface area (Å²) in [7, 11) is 0. The van der Waals surface area contributed by atoms with Crippen molar-refractivity contribution in [2.75, 3.05) is 13.1 Å². The molecule has 0 bridgehead atoms. The zero-order valence-electron chi connectivity index (χ0n) is 15.8. The molecule has 0 N–H and O–H groups in total. The molecule has 1 aliphatic rings. The summed E-state index contributed by atoms with van der Waals surface area (Å²) in [4.78, 5) is 30.6. The lowest BCUT2D eigenvalue weighted by atomic mass is 9.95. The molecule has 2 heterocycles. The zero-order valence-corrected chi connectivity index (χ0v) is 15.8. The van der Waals surface area contributed by atoms with Crippen molar-refractivity contribution in [1.82, 2.24) is 14.5 Å². The van der Waals surface area contributed by atoms with E-state index in [-0.39, 0.29) is 17.0 Å². The molecule has 3 rings (SSSR count). The fraction of sp³-hybridized carbons (Fsp3) is 0.450. The van der Waals surface area contributed by atoms with Crippen LogP contribution in [0.1, 0.15) is 40.0 Å². The lowest BCUT2D eigenvalue weighted by Crippen LogP contribution is -2.40. The van der Waals surface area contributed by atoms with Crippen LogP contribution in [0.2, 0.25) is 0 Å². The summed E-state index contributed by atoms with van der Waals surface area (Å²) in [6.07, 6.45) is -1.79. The van der Waals surface area contributed by atoms with Crippen LogP contribution in [0, 0.1) is 19.8 Å². The number of likely N-dealkylation sites (tertiary alicyclic amines) is 1. The van der Waals surface area contributed by atoms with Gasteiger partial charge in [0.2, 0.25) is 0 Å². The molecule has 1 saturated heterocycles. The predicted octanol–water partition coefficient (Wildman–Crippen LogP) is 3.43. The maximum Gasteiger partial charge on any atom is 0.417 e. The van der Waals surface area contributed by atoms with Gasteiger partial charge in [0.05, 0.1) is 17.5 Å². The minimum absolute atomic E-state index is 0.0786. The van der Waals surface area contributed by atoms with Crippen molar-refractivity contribution in [2.45, 2.75) is 39.4 Å². The Kier molecular flexibility index (Phi) is 5.58. The van der Waals surface area contributed by atoms with Crippen LogP contribution < -0.4 is 5.56 Å². The van der Waals surface area contributed by atoms with Crippen molar-refractivity contribution in [3.8, 4) is 0 Å². The minimum atomic E-state index is -4.57. The van der Waals surface area contributed by atoms with Crippen molar-refractivity contribution in [1.29, 1.82) is 0 Å². The Morgan fingerprint density at radius 1 is 1.18 bits per heavy atom. The first-order valence-electron chi connectivity index (χ1n) is 9.16. The molecule has 1 aromatic carbocycles. The van der Waals surface area contributed by atoms with Crippen LogP contribution in [0.25, 0.3) is 0 Å². The number of carbonyl (C=O) groups excluding carboxylic acids is 1. The highest BCUT2D eigenvalue weighted by atomic mass is 19.4. The van der Waals surface area contributed by atoms with Crippen molar-refractivity contribution in [2.24, 2.45) is 5.92 Å². The molecule has 1 fully saturated rings. The van der Waals surface area contributed by atoms with Gasteiger partial charge in [0.25, 0.3) is 11.5 Å². The summed E-state index contributed by atoms with van der Waals surface area (Å²) in [6.45, 7) is 4.74. The Balaban J connectivity index is 1.67. The largest absolute Gasteiger partial charge is 0.417 e. The second-order valence-corrected chi connectivity index (χ2v) is 7.19. The number of nitrogens with zero attached hydrogens (tertiary/aromatic N) is 3. The topological polar surface area (TPSA) is 55.2 Å². The number of piperidine rings is 1. The maximum atomic E-state index is 13.2. The Morgan fingerprint density at radius 2 is 1.82 bits per heavy atom. The molecule has 150 valence electrons. The number of alkyl halides is 3. The molecule has 1 aliphatic heterocycles. The van der Waals surface area contributed by atoms with Gasteiger partial charge in [-0.1, -0.05) is 12.1 Å². The third-order valence-corrected chi connectivity index (χ3v) is 5.33. The third-order valence-electron chi connectivity index (χ3n) is 5.33. The highest BCUT2D eigenvalue weighted by Gasteiger charge is 2.36. The summed E-state index contributed by atoms with van der Waals surface area (Å²) in [5.74, 6) is -0.431. The molecular formula is C20H22F3N3O2. The molecular weight excluding hydrogens is 371 g/mol. The van der Waals surface area contributed by atoms with Crippen LogP contribution in [0.5, 0.6) is 0 Å². The summed E-state index contributed by atoms with van der Waals surface area (Å²) in [5.41, 5.74) is 0.00638. The molecule has 0 atom stereocenters. The Bertz CT molecular complexity index is 929. The Labute approximate surface area is 160 Å². The fourth-order valence-electron chi connectivity index (χ4n) is 3.49. The lowest BCUT2D eigenvalue weighted by Gasteiger charge is -2.32. The molecule has 0 radical (unpaired) electrons. The van der Waals surface area contributed by atoms with E-state index in [4.69, 9.17) is 0 Å². The summed E-state index contributed by atoms with van der Waals surface area (Å²) < 4.78 is 41.1. The van der Waals surface area contributed by atoms with Crippen molar-refractivity contribution in [3.63, 3.8) is 0 Å². The van der Waals surface area contributed by atoms with Gasteiger partial charge in [-0.25, -0.2) is 4.98 Å². The van der Waals surface area contributed by atoms with Gasteiger partial charge < -0.3 is 4.90 Å². The van der Waals surface area contributed by atoms with Crippen LogP contribution in [0.4, 0.5) is 13.2 Å². The van der Waals surface area contributed by atoms with E-state index < -0.39 is 17.6 Å². The highest BCUT2D eigenvalue weighted by Crippen LogP contribution is 2.33. The smallest absolute Gasteiger partial charge is 0.339 e. The number of hydrogen-bond donors (Lipinski definition) is 0. The molecule has 1 aromatic heterocycles. The molecule has 0 unspecified atom stereocenters. The number of hydrogen-bond acceptors (Lipinski definition) is 3. The van der Waals surface area contributed by atoms with Gasteiger partial charge in [0, 0.05) is 30.9 Å². The molecule has 8 heteroatoms. The van der Waals surface area contributed by atoms with Gasteiger partial charge in [-0.15, -0.1) is 0 Å². The lowest BCUT2D eigenvalue weighted by molar-refractivity contribution is -0.138.